The van der Waals surface area contributed by atoms with Crippen LogP contribution in [0, 0.1) is 0 Å². The molecule has 112 valence electrons. The highest BCUT2D eigenvalue weighted by Crippen LogP contribution is 2.27. The minimum Gasteiger partial charge on any atom is -0.336 e. The molecule has 0 N–H and O–H groups in total. The Labute approximate surface area is 128 Å². The van der Waals surface area contributed by atoms with Crippen molar-refractivity contribution in [2.45, 2.75) is 49.3 Å². The Hall–Kier alpha value is -0.590. The average Bonchev–Trinajstić information content (AvgIpc) is 2.88. The van der Waals surface area contributed by atoms with Gasteiger partial charge in [0.2, 0.25) is 0 Å². The first-order valence-corrected chi connectivity index (χ1v) is 9.96. The highest BCUT2D eigenvalue weighted by molar-refractivity contribution is 8.15. The van der Waals surface area contributed by atoms with Gasteiger partial charge in [-0.2, -0.15) is 0 Å². The van der Waals surface area contributed by atoms with Gasteiger partial charge in [-0.3, -0.25) is 4.79 Å². The average molecular weight is 336 g/mol. The summed E-state index contributed by atoms with van der Waals surface area (Å²) in [5.74, 6) is -0.0778. The number of rotatable bonds is 4. The van der Waals surface area contributed by atoms with Gasteiger partial charge in [0, 0.05) is 28.6 Å². The molecule has 0 aromatic carbocycles. The zero-order valence-electron chi connectivity index (χ0n) is 11.3. The van der Waals surface area contributed by atoms with E-state index in [4.69, 9.17) is 10.7 Å². The predicted molar refractivity (Wildman–Crippen MR) is 80.9 cm³/mol. The number of hydrogen-bond donors (Lipinski definition) is 0. The van der Waals surface area contributed by atoms with Crippen molar-refractivity contribution in [2.24, 2.45) is 0 Å². The van der Waals surface area contributed by atoms with Gasteiger partial charge in [0.05, 0.1) is 5.56 Å². The number of amides is 1. The number of carbonyl (C=O) groups is 1. The highest BCUT2D eigenvalue weighted by Gasteiger charge is 2.28. The lowest BCUT2D eigenvalue weighted by molar-refractivity contribution is 0.0601. The molecule has 2 heterocycles. The van der Waals surface area contributed by atoms with E-state index in [0.29, 0.717) is 5.56 Å². The van der Waals surface area contributed by atoms with Crippen LogP contribution in [0.25, 0.3) is 0 Å². The summed E-state index contributed by atoms with van der Waals surface area (Å²) >= 11 is 0.996. The van der Waals surface area contributed by atoms with E-state index in [1.165, 1.54) is 6.07 Å². The smallest absolute Gasteiger partial charge is 0.270 e. The summed E-state index contributed by atoms with van der Waals surface area (Å²) in [4.78, 5) is 14.4. The third-order valence-corrected chi connectivity index (χ3v) is 6.61. The molecule has 1 fully saturated rings. The van der Waals surface area contributed by atoms with E-state index in [2.05, 4.69) is 6.92 Å². The molecular formula is C13H18ClNO3S2. The number of halogens is 1. The second-order valence-corrected chi connectivity index (χ2v) is 8.73. The van der Waals surface area contributed by atoms with Crippen molar-refractivity contribution < 1.29 is 13.2 Å². The molecule has 0 radical (unpaired) electrons. The van der Waals surface area contributed by atoms with Crippen LogP contribution in [0.2, 0.25) is 0 Å². The fourth-order valence-corrected chi connectivity index (χ4v) is 4.56. The Bertz CT molecular complexity index is 580. The number of hydrogen-bond acceptors (Lipinski definition) is 4. The van der Waals surface area contributed by atoms with E-state index in [1.807, 2.05) is 4.90 Å². The third kappa shape index (κ3) is 3.54. The number of nitrogens with zero attached hydrogens (tertiary/aromatic N) is 1. The maximum absolute atomic E-state index is 12.5. The number of piperidine rings is 1. The SMILES string of the molecule is CCCC1CCCCN1C(=O)c1csc(S(=O)(=O)Cl)c1. The van der Waals surface area contributed by atoms with Crippen molar-refractivity contribution in [2.75, 3.05) is 6.54 Å². The highest BCUT2D eigenvalue weighted by atomic mass is 35.7. The normalized spacial score (nSPS) is 20.1. The van der Waals surface area contributed by atoms with Gasteiger partial charge in [0.1, 0.15) is 4.21 Å². The molecule has 0 bridgehead atoms. The van der Waals surface area contributed by atoms with Crippen molar-refractivity contribution in [1.82, 2.24) is 4.90 Å². The Morgan fingerprint density at radius 3 is 2.85 bits per heavy atom. The van der Waals surface area contributed by atoms with Gasteiger partial charge in [-0.25, -0.2) is 8.42 Å². The molecule has 1 aliphatic rings. The summed E-state index contributed by atoms with van der Waals surface area (Å²) in [6, 6.07) is 1.66. The topological polar surface area (TPSA) is 54.5 Å². The molecule has 1 saturated heterocycles. The minimum atomic E-state index is -3.75. The molecule has 1 aliphatic heterocycles. The molecule has 1 unspecified atom stereocenters. The Morgan fingerprint density at radius 1 is 1.50 bits per heavy atom. The van der Waals surface area contributed by atoms with E-state index in [0.717, 1.165) is 50.0 Å². The summed E-state index contributed by atoms with van der Waals surface area (Å²) in [7, 11) is 1.55. The van der Waals surface area contributed by atoms with Crippen molar-refractivity contribution >= 4 is 37.0 Å². The number of carbonyl (C=O) groups excluding carboxylic acids is 1. The van der Waals surface area contributed by atoms with Crippen LogP contribution < -0.4 is 0 Å². The molecular weight excluding hydrogens is 318 g/mol. The van der Waals surface area contributed by atoms with Crippen molar-refractivity contribution in [3.05, 3.63) is 17.0 Å². The lowest BCUT2D eigenvalue weighted by Crippen LogP contribution is -2.43. The van der Waals surface area contributed by atoms with Crippen LogP contribution in [0.4, 0.5) is 0 Å². The van der Waals surface area contributed by atoms with E-state index in [1.54, 1.807) is 5.38 Å². The van der Waals surface area contributed by atoms with E-state index >= 15 is 0 Å². The van der Waals surface area contributed by atoms with Crippen molar-refractivity contribution in [3.8, 4) is 0 Å². The summed E-state index contributed by atoms with van der Waals surface area (Å²) in [5, 5.41) is 1.58. The van der Waals surface area contributed by atoms with Crippen LogP contribution in [0.15, 0.2) is 15.7 Å². The third-order valence-electron chi connectivity index (χ3n) is 3.57. The standard InChI is InChI=1S/C13H18ClNO3S2/c1-2-5-11-6-3-4-7-15(11)13(16)10-8-12(19-9-10)20(14,17)18/h8-9,11H,2-7H2,1H3. The lowest BCUT2D eigenvalue weighted by atomic mass is 9.97. The van der Waals surface area contributed by atoms with Gasteiger partial charge in [-0.15, -0.1) is 11.3 Å². The molecule has 1 aromatic heterocycles. The van der Waals surface area contributed by atoms with E-state index in [9.17, 15) is 13.2 Å². The molecule has 4 nitrogen and oxygen atoms in total. The van der Waals surface area contributed by atoms with Gasteiger partial charge in [-0.1, -0.05) is 13.3 Å². The number of thiophene rings is 1. The molecule has 0 spiro atoms. The van der Waals surface area contributed by atoms with E-state index in [-0.39, 0.29) is 16.2 Å². The molecule has 1 atom stereocenters. The first-order valence-electron chi connectivity index (χ1n) is 6.77. The first kappa shape index (κ1) is 15.8. The summed E-state index contributed by atoms with van der Waals surface area (Å²) in [5.41, 5.74) is 0.428. The maximum atomic E-state index is 12.5. The molecule has 2 rings (SSSR count). The zero-order valence-corrected chi connectivity index (χ0v) is 13.7. The lowest BCUT2D eigenvalue weighted by Gasteiger charge is -2.35. The van der Waals surface area contributed by atoms with Gasteiger partial charge in [0.25, 0.3) is 15.0 Å². The summed E-state index contributed by atoms with van der Waals surface area (Å²) in [6.45, 7) is 2.86. The largest absolute Gasteiger partial charge is 0.336 e. The molecule has 0 aliphatic carbocycles. The van der Waals surface area contributed by atoms with Gasteiger partial charge in [0.15, 0.2) is 0 Å². The second kappa shape index (κ2) is 6.45. The quantitative estimate of drug-likeness (QED) is 0.792. The van der Waals surface area contributed by atoms with Crippen molar-refractivity contribution in [3.63, 3.8) is 0 Å². The molecule has 1 amide bonds. The van der Waals surface area contributed by atoms with Gasteiger partial charge in [-0.05, 0) is 31.7 Å². The van der Waals surface area contributed by atoms with Gasteiger partial charge >= 0.3 is 0 Å². The van der Waals surface area contributed by atoms with Crippen LogP contribution in [0.3, 0.4) is 0 Å². The Kier molecular flexibility index (Phi) is 5.09. The van der Waals surface area contributed by atoms with Crippen LogP contribution >= 0.6 is 22.0 Å². The molecule has 1 aromatic rings. The molecule has 20 heavy (non-hydrogen) atoms. The second-order valence-electron chi connectivity index (χ2n) is 5.03. The zero-order chi connectivity index (χ0) is 14.8. The summed E-state index contributed by atoms with van der Waals surface area (Å²) < 4.78 is 22.6. The maximum Gasteiger partial charge on any atom is 0.270 e. The summed E-state index contributed by atoms with van der Waals surface area (Å²) in [6.07, 6.45) is 5.23. The van der Waals surface area contributed by atoms with Crippen LogP contribution in [-0.4, -0.2) is 31.8 Å². The van der Waals surface area contributed by atoms with Crippen LogP contribution in [-0.2, 0) is 9.05 Å². The van der Waals surface area contributed by atoms with Crippen LogP contribution in [0.5, 0.6) is 0 Å². The first-order chi connectivity index (χ1) is 9.43. The monoisotopic (exact) mass is 335 g/mol. The molecule has 7 heteroatoms. The number of likely N-dealkylation sites (tertiary alicyclic amines) is 1. The fraction of sp³-hybridized carbons (Fsp3) is 0.615. The Morgan fingerprint density at radius 2 is 2.25 bits per heavy atom. The fourth-order valence-electron chi connectivity index (χ4n) is 2.62. The predicted octanol–water partition coefficient (Wildman–Crippen LogP) is 3.47. The van der Waals surface area contributed by atoms with Crippen molar-refractivity contribution in [1.29, 1.82) is 0 Å². The van der Waals surface area contributed by atoms with E-state index < -0.39 is 9.05 Å². The van der Waals surface area contributed by atoms with Gasteiger partial charge < -0.3 is 4.90 Å². The molecule has 0 saturated carbocycles. The Balaban J connectivity index is 2.19. The minimum absolute atomic E-state index is 0.0339. The van der Waals surface area contributed by atoms with Crippen LogP contribution in [0.1, 0.15) is 49.4 Å².